The maximum atomic E-state index is 12.1. The van der Waals surface area contributed by atoms with E-state index in [1.54, 1.807) is 18.2 Å². The van der Waals surface area contributed by atoms with Crippen molar-refractivity contribution in [3.63, 3.8) is 0 Å². The normalized spacial score (nSPS) is 20.6. The van der Waals surface area contributed by atoms with Gasteiger partial charge in [0.2, 0.25) is 0 Å². The minimum absolute atomic E-state index is 0.153. The summed E-state index contributed by atoms with van der Waals surface area (Å²) in [6, 6.07) is 5.08. The lowest BCUT2D eigenvalue weighted by Gasteiger charge is -2.12. The van der Waals surface area contributed by atoms with Gasteiger partial charge in [-0.15, -0.1) is 0 Å². The predicted octanol–water partition coefficient (Wildman–Crippen LogP) is 1.76. The zero-order valence-electron chi connectivity index (χ0n) is 11.1. The molecule has 1 fully saturated rings. The average molecular weight is 362 g/mol. The van der Waals surface area contributed by atoms with Crippen molar-refractivity contribution in [2.75, 3.05) is 19.4 Å². The van der Waals surface area contributed by atoms with Crippen molar-refractivity contribution in [2.24, 2.45) is 0 Å². The van der Waals surface area contributed by atoms with Gasteiger partial charge < -0.3 is 10.1 Å². The fraction of sp³-hybridized carbons (Fsp3) is 0.462. The SMILES string of the molecule is COc1cc(Br)ccc1C(=O)NCC1CCCS1(=O)=O. The first kappa shape index (κ1) is 15.3. The van der Waals surface area contributed by atoms with E-state index < -0.39 is 15.1 Å². The average Bonchev–Trinajstić information content (AvgIpc) is 2.74. The van der Waals surface area contributed by atoms with E-state index in [1.807, 2.05) is 0 Å². The van der Waals surface area contributed by atoms with E-state index >= 15 is 0 Å². The van der Waals surface area contributed by atoms with Crippen LogP contribution in [0.15, 0.2) is 22.7 Å². The number of hydrogen-bond donors (Lipinski definition) is 1. The van der Waals surface area contributed by atoms with Gasteiger partial charge in [0.15, 0.2) is 9.84 Å². The summed E-state index contributed by atoms with van der Waals surface area (Å²) in [6.07, 6.45) is 1.28. The van der Waals surface area contributed by atoms with Gasteiger partial charge in [-0.05, 0) is 31.0 Å². The molecule has 1 amide bonds. The summed E-state index contributed by atoms with van der Waals surface area (Å²) in [5, 5.41) is 2.21. The minimum atomic E-state index is -3.04. The first-order valence-electron chi connectivity index (χ1n) is 6.27. The molecule has 110 valence electrons. The lowest BCUT2D eigenvalue weighted by Crippen LogP contribution is -2.34. The van der Waals surface area contributed by atoms with Crippen molar-refractivity contribution in [1.29, 1.82) is 0 Å². The molecule has 1 aromatic rings. The molecular weight excluding hydrogens is 346 g/mol. The molecule has 1 saturated heterocycles. The van der Waals surface area contributed by atoms with Gasteiger partial charge in [0.1, 0.15) is 5.75 Å². The minimum Gasteiger partial charge on any atom is -0.496 e. The van der Waals surface area contributed by atoms with Gasteiger partial charge in [0, 0.05) is 11.0 Å². The van der Waals surface area contributed by atoms with Crippen LogP contribution >= 0.6 is 15.9 Å². The second kappa shape index (κ2) is 6.13. The number of halogens is 1. The molecule has 1 heterocycles. The van der Waals surface area contributed by atoms with Crippen LogP contribution in [0.1, 0.15) is 23.2 Å². The van der Waals surface area contributed by atoms with Crippen LogP contribution in [0, 0.1) is 0 Å². The maximum absolute atomic E-state index is 12.1. The van der Waals surface area contributed by atoms with Crippen molar-refractivity contribution in [1.82, 2.24) is 5.32 Å². The van der Waals surface area contributed by atoms with Crippen molar-refractivity contribution >= 4 is 31.7 Å². The Morgan fingerprint density at radius 2 is 2.25 bits per heavy atom. The molecule has 2 rings (SSSR count). The molecule has 20 heavy (non-hydrogen) atoms. The highest BCUT2D eigenvalue weighted by Gasteiger charge is 2.31. The molecule has 1 aliphatic heterocycles. The molecule has 0 saturated carbocycles. The van der Waals surface area contributed by atoms with Gasteiger partial charge in [-0.25, -0.2) is 8.42 Å². The summed E-state index contributed by atoms with van der Waals surface area (Å²) < 4.78 is 29.4. The largest absolute Gasteiger partial charge is 0.496 e. The molecule has 0 bridgehead atoms. The molecule has 0 aromatic heterocycles. The third kappa shape index (κ3) is 3.32. The van der Waals surface area contributed by atoms with E-state index in [-0.39, 0.29) is 18.2 Å². The monoisotopic (exact) mass is 361 g/mol. The lowest BCUT2D eigenvalue weighted by molar-refractivity contribution is 0.0950. The molecule has 7 heteroatoms. The fourth-order valence-corrected chi connectivity index (χ4v) is 4.35. The van der Waals surface area contributed by atoms with Gasteiger partial charge >= 0.3 is 0 Å². The molecule has 1 unspecified atom stereocenters. The van der Waals surface area contributed by atoms with E-state index in [2.05, 4.69) is 21.2 Å². The standard InChI is InChI=1S/C13H16BrNO4S/c1-19-12-7-9(14)4-5-11(12)13(16)15-8-10-3-2-6-20(10,17)18/h4-5,7,10H,2-3,6,8H2,1H3,(H,15,16). The topological polar surface area (TPSA) is 72.5 Å². The van der Waals surface area contributed by atoms with Crippen LogP contribution in [0.5, 0.6) is 5.75 Å². The molecule has 5 nitrogen and oxygen atoms in total. The van der Waals surface area contributed by atoms with Crippen LogP contribution in [0.4, 0.5) is 0 Å². The number of amides is 1. The smallest absolute Gasteiger partial charge is 0.255 e. The van der Waals surface area contributed by atoms with Crippen molar-refractivity contribution in [3.8, 4) is 5.75 Å². The summed E-state index contributed by atoms with van der Waals surface area (Å²) in [5.41, 5.74) is 0.395. The highest BCUT2D eigenvalue weighted by atomic mass is 79.9. The van der Waals surface area contributed by atoms with Gasteiger partial charge in [-0.3, -0.25) is 4.79 Å². The van der Waals surface area contributed by atoms with Crippen molar-refractivity contribution < 1.29 is 17.9 Å². The molecule has 1 atom stereocenters. The molecule has 1 aromatic carbocycles. The Labute approximate surface area is 126 Å². The highest BCUT2D eigenvalue weighted by molar-refractivity contribution is 9.10. The molecule has 0 spiro atoms. The number of hydrogen-bond acceptors (Lipinski definition) is 4. The summed E-state index contributed by atoms with van der Waals surface area (Å²) in [7, 11) is -1.55. The van der Waals surface area contributed by atoms with Crippen LogP contribution in [0.25, 0.3) is 0 Å². The van der Waals surface area contributed by atoms with Crippen LogP contribution in [0.3, 0.4) is 0 Å². The summed E-state index contributed by atoms with van der Waals surface area (Å²) >= 11 is 3.30. The predicted molar refractivity (Wildman–Crippen MR) is 79.8 cm³/mol. The van der Waals surface area contributed by atoms with Gasteiger partial charge in [-0.1, -0.05) is 15.9 Å². The lowest BCUT2D eigenvalue weighted by atomic mass is 10.2. The number of ether oxygens (including phenoxy) is 1. The number of carbonyl (C=O) groups is 1. The maximum Gasteiger partial charge on any atom is 0.255 e. The van der Waals surface area contributed by atoms with Crippen molar-refractivity contribution in [3.05, 3.63) is 28.2 Å². The van der Waals surface area contributed by atoms with Gasteiger partial charge in [0.05, 0.1) is 23.7 Å². The van der Waals surface area contributed by atoms with Gasteiger partial charge in [-0.2, -0.15) is 0 Å². The Kier molecular flexibility index (Phi) is 4.70. The number of benzene rings is 1. The Morgan fingerprint density at radius 3 is 2.85 bits per heavy atom. The first-order chi connectivity index (χ1) is 9.44. The van der Waals surface area contributed by atoms with Crippen LogP contribution in [-0.4, -0.2) is 39.0 Å². The number of methoxy groups -OCH3 is 1. The van der Waals surface area contributed by atoms with Crippen LogP contribution in [-0.2, 0) is 9.84 Å². The van der Waals surface area contributed by atoms with E-state index in [4.69, 9.17) is 4.74 Å². The van der Waals surface area contributed by atoms with Gasteiger partial charge in [0.25, 0.3) is 5.91 Å². The zero-order valence-corrected chi connectivity index (χ0v) is 13.5. The summed E-state index contributed by atoms with van der Waals surface area (Å²) in [5.74, 6) is 0.345. The molecule has 1 N–H and O–H groups in total. The van der Waals surface area contributed by atoms with Crippen molar-refractivity contribution in [2.45, 2.75) is 18.1 Å². The highest BCUT2D eigenvalue weighted by Crippen LogP contribution is 2.24. The van der Waals surface area contributed by atoms with Crippen LogP contribution < -0.4 is 10.1 Å². The Bertz CT molecular complexity index is 615. The number of sulfone groups is 1. The molecule has 0 aliphatic carbocycles. The third-order valence-corrected chi connectivity index (χ3v) is 6.13. The summed E-state index contributed by atoms with van der Waals surface area (Å²) in [6.45, 7) is 0.153. The Hall–Kier alpha value is -1.08. The summed E-state index contributed by atoms with van der Waals surface area (Å²) in [4.78, 5) is 12.1. The number of rotatable bonds is 4. The second-order valence-corrected chi connectivity index (χ2v) is 8.00. The quantitative estimate of drug-likeness (QED) is 0.886. The molecule has 0 radical (unpaired) electrons. The van der Waals surface area contributed by atoms with E-state index in [1.165, 1.54) is 7.11 Å². The Balaban J connectivity index is 2.06. The first-order valence-corrected chi connectivity index (χ1v) is 8.78. The Morgan fingerprint density at radius 1 is 1.50 bits per heavy atom. The van der Waals surface area contributed by atoms with E-state index in [9.17, 15) is 13.2 Å². The number of carbonyl (C=O) groups excluding carboxylic acids is 1. The van der Waals surface area contributed by atoms with E-state index in [0.29, 0.717) is 24.2 Å². The second-order valence-electron chi connectivity index (χ2n) is 4.69. The zero-order chi connectivity index (χ0) is 14.8. The molecular formula is C13H16BrNO4S. The molecule has 1 aliphatic rings. The van der Waals surface area contributed by atoms with E-state index in [0.717, 1.165) is 4.47 Å². The fourth-order valence-electron chi connectivity index (χ4n) is 2.24. The number of nitrogens with one attached hydrogen (secondary N) is 1. The third-order valence-electron chi connectivity index (χ3n) is 3.36. The van der Waals surface area contributed by atoms with Crippen LogP contribution in [0.2, 0.25) is 0 Å².